The van der Waals surface area contributed by atoms with Gasteiger partial charge in [-0.1, -0.05) is 19.8 Å². The van der Waals surface area contributed by atoms with Gasteiger partial charge < -0.3 is 9.80 Å². The molecule has 0 amide bonds. The van der Waals surface area contributed by atoms with Crippen LogP contribution in [0.1, 0.15) is 50.5 Å². The van der Waals surface area contributed by atoms with Gasteiger partial charge in [0.15, 0.2) is 5.52 Å². The normalized spacial score (nSPS) is 19.7. The molecule has 1 aromatic heterocycles. The third kappa shape index (κ3) is 2.86. The molecule has 0 radical (unpaired) electrons. The summed E-state index contributed by atoms with van der Waals surface area (Å²) in [5.74, 6) is -0.0591. The zero-order valence-electron chi connectivity index (χ0n) is 17.8. The van der Waals surface area contributed by atoms with E-state index < -0.39 is 4.92 Å². The molecule has 1 saturated carbocycles. The largest absolute Gasteiger partial charge is 0.372 e. The molecule has 1 spiro atoms. The van der Waals surface area contributed by atoms with Crippen molar-refractivity contribution in [1.82, 2.24) is 10.3 Å². The molecule has 8 nitrogen and oxygen atoms in total. The number of anilines is 3. The van der Waals surface area contributed by atoms with E-state index in [0.717, 1.165) is 43.4 Å². The third-order valence-electron chi connectivity index (χ3n) is 6.83. The maximum Gasteiger partial charge on any atom is 0.323 e. The summed E-state index contributed by atoms with van der Waals surface area (Å²) in [5, 5.41) is 19.8. The van der Waals surface area contributed by atoms with Crippen molar-refractivity contribution in [2.45, 2.75) is 50.5 Å². The SMILES string of the molecule is CC1CC2(CCCC2)N(c2cc(N(C)C)c([N+](=O)[O-])c3nonc23)c2ccc(F)cc21. The van der Waals surface area contributed by atoms with Gasteiger partial charge in [-0.05, 0) is 65.3 Å². The number of fused-ring (bicyclic) bond motifs is 2. The molecule has 0 N–H and O–H groups in total. The van der Waals surface area contributed by atoms with Gasteiger partial charge in [0.1, 0.15) is 11.5 Å². The molecule has 1 fully saturated rings. The molecule has 1 aliphatic heterocycles. The molecular formula is C22H24FN5O3. The molecular weight excluding hydrogens is 401 g/mol. The minimum absolute atomic E-state index is 0.127. The molecule has 0 saturated heterocycles. The second-order valence-corrected chi connectivity index (χ2v) is 8.95. The Morgan fingerprint density at radius 3 is 2.58 bits per heavy atom. The number of nitro benzene ring substituents is 1. The van der Waals surface area contributed by atoms with Crippen LogP contribution in [0.2, 0.25) is 0 Å². The summed E-state index contributed by atoms with van der Waals surface area (Å²) in [5.41, 5.74) is 3.20. The highest BCUT2D eigenvalue weighted by Gasteiger charge is 2.47. The summed E-state index contributed by atoms with van der Waals surface area (Å²) < 4.78 is 19.1. The molecule has 2 aliphatic rings. The highest BCUT2D eigenvalue weighted by molar-refractivity contribution is 6.02. The highest BCUT2D eigenvalue weighted by Crippen LogP contribution is 2.55. The van der Waals surface area contributed by atoms with Gasteiger partial charge in [-0.25, -0.2) is 9.02 Å². The van der Waals surface area contributed by atoms with Gasteiger partial charge in [-0.2, -0.15) is 0 Å². The first-order chi connectivity index (χ1) is 14.8. The van der Waals surface area contributed by atoms with E-state index in [1.807, 2.05) is 6.07 Å². The van der Waals surface area contributed by atoms with Crippen molar-refractivity contribution in [3.63, 3.8) is 0 Å². The Hall–Kier alpha value is -3.23. The zero-order chi connectivity index (χ0) is 21.9. The Morgan fingerprint density at radius 2 is 1.90 bits per heavy atom. The zero-order valence-corrected chi connectivity index (χ0v) is 17.8. The fourth-order valence-electron chi connectivity index (χ4n) is 5.59. The van der Waals surface area contributed by atoms with Crippen LogP contribution >= 0.6 is 0 Å². The fraction of sp³-hybridized carbons (Fsp3) is 0.455. The summed E-state index contributed by atoms with van der Waals surface area (Å²) in [6, 6.07) is 6.69. The van der Waals surface area contributed by atoms with Gasteiger partial charge >= 0.3 is 5.69 Å². The number of nitro groups is 1. The van der Waals surface area contributed by atoms with Crippen LogP contribution in [0.25, 0.3) is 11.0 Å². The van der Waals surface area contributed by atoms with Crippen LogP contribution in [0, 0.1) is 15.9 Å². The van der Waals surface area contributed by atoms with Crippen molar-refractivity contribution in [3.8, 4) is 0 Å². The van der Waals surface area contributed by atoms with Crippen molar-refractivity contribution in [2.75, 3.05) is 23.9 Å². The molecule has 31 heavy (non-hydrogen) atoms. The van der Waals surface area contributed by atoms with Crippen LogP contribution in [-0.2, 0) is 0 Å². The first kappa shape index (κ1) is 19.7. The number of halogens is 1. The van der Waals surface area contributed by atoms with E-state index >= 15 is 0 Å². The second-order valence-electron chi connectivity index (χ2n) is 8.95. The van der Waals surface area contributed by atoms with Gasteiger partial charge in [0.05, 0.1) is 10.6 Å². The van der Waals surface area contributed by atoms with E-state index in [1.54, 1.807) is 31.1 Å². The van der Waals surface area contributed by atoms with Gasteiger partial charge in [-0.15, -0.1) is 0 Å². The predicted molar refractivity (Wildman–Crippen MR) is 116 cm³/mol. The molecule has 2 heterocycles. The van der Waals surface area contributed by atoms with Crippen LogP contribution in [0.3, 0.4) is 0 Å². The average Bonchev–Trinajstić information content (AvgIpc) is 3.38. The van der Waals surface area contributed by atoms with Crippen molar-refractivity contribution >= 4 is 33.8 Å². The molecule has 1 aliphatic carbocycles. The molecule has 1 atom stereocenters. The first-order valence-electron chi connectivity index (χ1n) is 10.5. The third-order valence-corrected chi connectivity index (χ3v) is 6.83. The maximum atomic E-state index is 14.1. The van der Waals surface area contributed by atoms with E-state index in [0.29, 0.717) is 16.9 Å². The molecule has 3 aromatic rings. The van der Waals surface area contributed by atoms with E-state index in [-0.39, 0.29) is 28.5 Å². The lowest BCUT2D eigenvalue weighted by atomic mass is 9.76. The summed E-state index contributed by atoms with van der Waals surface area (Å²) in [7, 11) is 3.52. The first-order valence-corrected chi connectivity index (χ1v) is 10.5. The van der Waals surface area contributed by atoms with E-state index in [9.17, 15) is 14.5 Å². The minimum atomic E-state index is -0.446. The van der Waals surface area contributed by atoms with Crippen LogP contribution in [0.15, 0.2) is 28.9 Å². The molecule has 1 unspecified atom stereocenters. The molecule has 9 heteroatoms. The van der Waals surface area contributed by atoms with E-state index in [4.69, 9.17) is 4.63 Å². The Labute approximate surface area is 178 Å². The van der Waals surface area contributed by atoms with Crippen molar-refractivity contribution in [2.24, 2.45) is 0 Å². The van der Waals surface area contributed by atoms with Crippen LogP contribution in [0.4, 0.5) is 27.1 Å². The number of aromatic nitrogens is 2. The Bertz CT molecular complexity index is 1190. The maximum absolute atomic E-state index is 14.1. The lowest BCUT2D eigenvalue weighted by molar-refractivity contribution is -0.382. The van der Waals surface area contributed by atoms with Crippen LogP contribution in [-0.4, -0.2) is 34.9 Å². The summed E-state index contributed by atoms with van der Waals surface area (Å²) in [6.07, 6.45) is 5.08. The Kier molecular flexibility index (Phi) is 4.39. The minimum Gasteiger partial charge on any atom is -0.372 e. The van der Waals surface area contributed by atoms with Gasteiger partial charge in [0.25, 0.3) is 0 Å². The Balaban J connectivity index is 1.84. The standard InChI is InChI=1S/C22H24FN5O3/c1-13-12-22(8-4-5-9-22)27(16-7-6-14(23)10-15(13)16)17-11-18(26(2)3)21(28(29)30)20-19(17)24-31-25-20/h6-7,10-11,13H,4-5,8-9,12H2,1-3H3. The molecule has 2 aromatic carbocycles. The van der Waals surface area contributed by atoms with Crippen LogP contribution in [0.5, 0.6) is 0 Å². The second kappa shape index (κ2) is 6.90. The summed E-state index contributed by atoms with van der Waals surface area (Å²) in [6.45, 7) is 2.14. The number of hydrogen-bond acceptors (Lipinski definition) is 7. The van der Waals surface area contributed by atoms with Crippen molar-refractivity contribution in [3.05, 3.63) is 45.8 Å². The quantitative estimate of drug-likeness (QED) is 0.416. The average molecular weight is 425 g/mol. The van der Waals surface area contributed by atoms with Crippen molar-refractivity contribution < 1.29 is 13.9 Å². The molecule has 162 valence electrons. The monoisotopic (exact) mass is 425 g/mol. The smallest absolute Gasteiger partial charge is 0.323 e. The Morgan fingerprint density at radius 1 is 1.19 bits per heavy atom. The summed E-state index contributed by atoms with van der Waals surface area (Å²) in [4.78, 5) is 15.4. The van der Waals surface area contributed by atoms with Crippen molar-refractivity contribution in [1.29, 1.82) is 0 Å². The number of nitrogens with zero attached hydrogens (tertiary/aromatic N) is 5. The molecule has 0 bridgehead atoms. The number of hydrogen-bond donors (Lipinski definition) is 0. The van der Waals surface area contributed by atoms with E-state index in [1.165, 1.54) is 6.07 Å². The highest BCUT2D eigenvalue weighted by atomic mass is 19.1. The molecule has 5 rings (SSSR count). The van der Waals surface area contributed by atoms with Gasteiger partial charge in [0.2, 0.25) is 5.52 Å². The van der Waals surface area contributed by atoms with Crippen LogP contribution < -0.4 is 9.80 Å². The predicted octanol–water partition coefficient (Wildman–Crippen LogP) is 5.29. The van der Waals surface area contributed by atoms with Gasteiger partial charge in [0, 0.05) is 25.3 Å². The fourth-order valence-corrected chi connectivity index (χ4v) is 5.59. The summed E-state index contributed by atoms with van der Waals surface area (Å²) >= 11 is 0. The van der Waals surface area contributed by atoms with Gasteiger partial charge in [-0.3, -0.25) is 10.1 Å². The number of rotatable bonds is 3. The van der Waals surface area contributed by atoms with E-state index in [2.05, 4.69) is 22.1 Å². The lowest BCUT2D eigenvalue weighted by Gasteiger charge is -2.49. The topological polar surface area (TPSA) is 88.5 Å². The lowest BCUT2D eigenvalue weighted by Crippen LogP contribution is -2.48. The number of benzene rings is 2.